The molecule has 2 amide bonds. The van der Waals surface area contributed by atoms with Crippen LogP contribution in [0.1, 0.15) is 38.5 Å². The quantitative estimate of drug-likeness (QED) is 0.621. The molecule has 7 nitrogen and oxygen atoms in total. The number of aliphatic carboxylic acids is 1. The molecule has 0 radical (unpaired) electrons. The van der Waals surface area contributed by atoms with Gasteiger partial charge < -0.3 is 20.6 Å². The van der Waals surface area contributed by atoms with Gasteiger partial charge in [0.1, 0.15) is 0 Å². The lowest BCUT2D eigenvalue weighted by Gasteiger charge is -2.23. The minimum atomic E-state index is -0.925. The van der Waals surface area contributed by atoms with Crippen LogP contribution in [-0.2, 0) is 14.4 Å². The molecule has 7 heteroatoms. The first kappa shape index (κ1) is 17.7. The van der Waals surface area contributed by atoms with Crippen molar-refractivity contribution in [1.29, 1.82) is 0 Å². The highest BCUT2D eigenvalue weighted by Gasteiger charge is 2.31. The summed E-state index contributed by atoms with van der Waals surface area (Å²) >= 11 is 0. The molecule has 2 fully saturated rings. The van der Waals surface area contributed by atoms with E-state index in [1.54, 1.807) is 4.90 Å². The molecule has 0 saturated carbocycles. The van der Waals surface area contributed by atoms with Gasteiger partial charge in [-0.1, -0.05) is 0 Å². The number of likely N-dealkylation sites (tertiary alicyclic amines) is 1. The first-order valence-corrected chi connectivity index (χ1v) is 8.54. The average molecular weight is 325 g/mol. The van der Waals surface area contributed by atoms with Crippen molar-refractivity contribution in [2.75, 3.05) is 32.7 Å². The number of hydrogen-bond acceptors (Lipinski definition) is 4. The Labute approximate surface area is 136 Å². The van der Waals surface area contributed by atoms with Crippen LogP contribution in [0.5, 0.6) is 0 Å². The number of carboxylic acids is 1. The molecule has 0 bridgehead atoms. The summed E-state index contributed by atoms with van der Waals surface area (Å²) < 4.78 is 0. The Balaban J connectivity index is 1.66. The molecule has 23 heavy (non-hydrogen) atoms. The number of nitrogens with one attached hydrogen (secondary N) is 2. The van der Waals surface area contributed by atoms with Gasteiger partial charge >= 0.3 is 5.97 Å². The number of rotatable bonds is 7. The van der Waals surface area contributed by atoms with Crippen molar-refractivity contribution in [2.45, 2.75) is 38.5 Å². The van der Waals surface area contributed by atoms with Crippen LogP contribution in [-0.4, -0.2) is 60.5 Å². The molecule has 0 aromatic rings. The Hall–Kier alpha value is -1.63. The predicted molar refractivity (Wildman–Crippen MR) is 84.8 cm³/mol. The van der Waals surface area contributed by atoms with Crippen LogP contribution in [0.15, 0.2) is 0 Å². The van der Waals surface area contributed by atoms with Gasteiger partial charge in [0, 0.05) is 26.1 Å². The number of nitrogens with zero attached hydrogens (tertiary/aromatic N) is 1. The van der Waals surface area contributed by atoms with E-state index in [-0.39, 0.29) is 30.7 Å². The maximum atomic E-state index is 12.3. The third-order valence-electron chi connectivity index (χ3n) is 4.78. The van der Waals surface area contributed by atoms with Crippen LogP contribution in [0.4, 0.5) is 0 Å². The van der Waals surface area contributed by atoms with Crippen LogP contribution in [0.2, 0.25) is 0 Å². The summed E-state index contributed by atoms with van der Waals surface area (Å²) in [5.74, 6) is -0.486. The highest BCUT2D eigenvalue weighted by Crippen LogP contribution is 2.21. The number of amides is 2. The molecule has 0 spiro atoms. The van der Waals surface area contributed by atoms with Crippen LogP contribution < -0.4 is 10.6 Å². The number of piperidine rings is 1. The van der Waals surface area contributed by atoms with Crippen molar-refractivity contribution in [3.63, 3.8) is 0 Å². The van der Waals surface area contributed by atoms with Gasteiger partial charge in [0.05, 0.1) is 12.3 Å². The molecule has 2 aliphatic heterocycles. The molecule has 1 atom stereocenters. The predicted octanol–water partition coefficient (Wildman–Crippen LogP) is 0.206. The third kappa shape index (κ3) is 5.82. The lowest BCUT2D eigenvalue weighted by atomic mass is 9.93. The van der Waals surface area contributed by atoms with Crippen molar-refractivity contribution >= 4 is 17.8 Å². The van der Waals surface area contributed by atoms with Crippen LogP contribution >= 0.6 is 0 Å². The molecule has 3 N–H and O–H groups in total. The Morgan fingerprint density at radius 2 is 1.87 bits per heavy atom. The van der Waals surface area contributed by atoms with Gasteiger partial charge in [0.2, 0.25) is 11.8 Å². The molecule has 0 aromatic carbocycles. The largest absolute Gasteiger partial charge is 0.481 e. The molecule has 130 valence electrons. The van der Waals surface area contributed by atoms with Crippen LogP contribution in [0.3, 0.4) is 0 Å². The smallest absolute Gasteiger partial charge is 0.305 e. The Morgan fingerprint density at radius 1 is 1.13 bits per heavy atom. The molecule has 1 unspecified atom stereocenters. The van der Waals surface area contributed by atoms with Gasteiger partial charge in [-0.05, 0) is 44.7 Å². The normalized spacial score (nSPS) is 22.1. The van der Waals surface area contributed by atoms with Crippen molar-refractivity contribution in [2.24, 2.45) is 11.8 Å². The van der Waals surface area contributed by atoms with E-state index in [1.807, 2.05) is 0 Å². The van der Waals surface area contributed by atoms with E-state index in [0.29, 0.717) is 31.8 Å². The van der Waals surface area contributed by atoms with Gasteiger partial charge in [-0.25, -0.2) is 0 Å². The summed E-state index contributed by atoms with van der Waals surface area (Å²) in [6.07, 6.45) is 4.38. The van der Waals surface area contributed by atoms with Gasteiger partial charge in [0.15, 0.2) is 0 Å². The first-order valence-electron chi connectivity index (χ1n) is 8.54. The lowest BCUT2D eigenvalue weighted by molar-refractivity contribution is -0.137. The fraction of sp³-hybridized carbons (Fsp3) is 0.812. The molecular formula is C16H27N3O4. The summed E-state index contributed by atoms with van der Waals surface area (Å²) in [6, 6.07) is 0. The van der Waals surface area contributed by atoms with E-state index in [0.717, 1.165) is 32.4 Å². The first-order chi connectivity index (χ1) is 11.1. The monoisotopic (exact) mass is 325 g/mol. The summed E-state index contributed by atoms with van der Waals surface area (Å²) in [5, 5.41) is 14.5. The Kier molecular flexibility index (Phi) is 6.83. The lowest BCUT2D eigenvalue weighted by Crippen LogP contribution is -2.35. The van der Waals surface area contributed by atoms with E-state index >= 15 is 0 Å². The zero-order chi connectivity index (χ0) is 16.7. The van der Waals surface area contributed by atoms with Crippen molar-refractivity contribution in [1.82, 2.24) is 15.5 Å². The topological polar surface area (TPSA) is 98.7 Å². The number of hydrogen-bond donors (Lipinski definition) is 3. The molecule has 0 aliphatic carbocycles. The minimum Gasteiger partial charge on any atom is -0.481 e. The van der Waals surface area contributed by atoms with Crippen LogP contribution in [0.25, 0.3) is 0 Å². The van der Waals surface area contributed by atoms with E-state index in [2.05, 4.69) is 10.6 Å². The minimum absolute atomic E-state index is 0.0721. The second-order valence-electron chi connectivity index (χ2n) is 6.49. The summed E-state index contributed by atoms with van der Waals surface area (Å²) in [6.45, 7) is 3.32. The highest BCUT2D eigenvalue weighted by atomic mass is 16.4. The van der Waals surface area contributed by atoms with Gasteiger partial charge in [-0.2, -0.15) is 0 Å². The second-order valence-corrected chi connectivity index (χ2v) is 6.49. The molecule has 2 saturated heterocycles. The Morgan fingerprint density at radius 3 is 2.57 bits per heavy atom. The van der Waals surface area contributed by atoms with E-state index in [9.17, 15) is 14.4 Å². The molecule has 2 heterocycles. The number of carbonyl (C=O) groups excluding carboxylic acids is 2. The fourth-order valence-electron chi connectivity index (χ4n) is 3.29. The van der Waals surface area contributed by atoms with Gasteiger partial charge in [-0.15, -0.1) is 0 Å². The number of carboxylic acid groups (broad SMARTS) is 1. The van der Waals surface area contributed by atoms with Crippen molar-refractivity contribution in [3.8, 4) is 0 Å². The summed E-state index contributed by atoms with van der Waals surface area (Å²) in [7, 11) is 0. The molecule has 2 aliphatic rings. The van der Waals surface area contributed by atoms with Crippen molar-refractivity contribution in [3.05, 3.63) is 0 Å². The maximum absolute atomic E-state index is 12.3. The average Bonchev–Trinajstić information content (AvgIpc) is 3.03. The standard InChI is InChI=1S/C16H27N3O4/c20-14(2-1-12-3-7-17-8-4-12)19-10-6-13(11-19)16(23)18-9-5-15(21)22/h12-13,17H,1-11H2,(H,18,23)(H,21,22). The summed E-state index contributed by atoms with van der Waals surface area (Å²) in [4.78, 5) is 36.4. The summed E-state index contributed by atoms with van der Waals surface area (Å²) in [5.41, 5.74) is 0. The molecular weight excluding hydrogens is 298 g/mol. The van der Waals surface area contributed by atoms with E-state index in [4.69, 9.17) is 5.11 Å². The van der Waals surface area contributed by atoms with E-state index in [1.165, 1.54) is 0 Å². The highest BCUT2D eigenvalue weighted by molar-refractivity contribution is 5.82. The zero-order valence-corrected chi connectivity index (χ0v) is 13.6. The Bertz CT molecular complexity index is 435. The second kappa shape index (κ2) is 8.86. The fourth-order valence-corrected chi connectivity index (χ4v) is 3.29. The maximum Gasteiger partial charge on any atom is 0.305 e. The zero-order valence-electron chi connectivity index (χ0n) is 13.6. The van der Waals surface area contributed by atoms with E-state index < -0.39 is 5.97 Å². The third-order valence-corrected chi connectivity index (χ3v) is 4.78. The van der Waals surface area contributed by atoms with Gasteiger partial charge in [0.25, 0.3) is 0 Å². The molecule has 2 rings (SSSR count). The number of carbonyl (C=O) groups is 3. The van der Waals surface area contributed by atoms with Crippen molar-refractivity contribution < 1.29 is 19.5 Å². The van der Waals surface area contributed by atoms with Crippen LogP contribution in [0, 0.1) is 11.8 Å². The SMILES string of the molecule is O=C(O)CCNC(=O)C1CCN(C(=O)CCC2CCNCC2)C1. The molecule has 0 aromatic heterocycles. The van der Waals surface area contributed by atoms with Gasteiger partial charge in [-0.3, -0.25) is 14.4 Å².